The number of rotatable bonds is 7. The number of amides is 2. The second kappa shape index (κ2) is 9.92. The van der Waals surface area contributed by atoms with Crippen LogP contribution in [0.5, 0.6) is 11.5 Å². The van der Waals surface area contributed by atoms with E-state index in [4.69, 9.17) is 4.74 Å². The molecule has 28 heavy (non-hydrogen) atoms. The summed E-state index contributed by atoms with van der Waals surface area (Å²) in [5.74, 6) is -0.264. The van der Waals surface area contributed by atoms with E-state index in [1.807, 2.05) is 60.7 Å². The van der Waals surface area contributed by atoms with Crippen LogP contribution in [-0.4, -0.2) is 18.4 Å². The largest absolute Gasteiger partial charge is 0.455 e. The van der Waals surface area contributed by atoms with Crippen molar-refractivity contribution in [2.75, 3.05) is 11.9 Å². The fourth-order valence-corrected chi connectivity index (χ4v) is 2.67. The first-order chi connectivity index (χ1) is 13.7. The fraction of sp³-hybridized carbons (Fsp3) is 0.130. The third-order valence-electron chi connectivity index (χ3n) is 4.08. The Kier molecular flexibility index (Phi) is 6.79. The van der Waals surface area contributed by atoms with E-state index in [1.54, 1.807) is 24.3 Å². The van der Waals surface area contributed by atoms with E-state index >= 15 is 0 Å². The molecule has 0 atom stereocenters. The Balaban J connectivity index is 1.50. The number of benzene rings is 3. The van der Waals surface area contributed by atoms with Crippen molar-refractivity contribution < 1.29 is 14.3 Å². The van der Waals surface area contributed by atoms with E-state index in [9.17, 15) is 9.59 Å². The van der Waals surface area contributed by atoms with Crippen LogP contribution in [0.3, 0.4) is 0 Å². The Morgan fingerprint density at radius 1 is 0.750 bits per heavy atom. The number of nitrogens with one attached hydrogen (secondary N) is 2. The van der Waals surface area contributed by atoms with Gasteiger partial charge in [-0.2, -0.15) is 0 Å². The molecule has 0 heterocycles. The van der Waals surface area contributed by atoms with Crippen molar-refractivity contribution >= 4 is 17.5 Å². The molecule has 0 fully saturated rings. The number of aryl methyl sites for hydroxylation is 1. The third-order valence-corrected chi connectivity index (χ3v) is 4.08. The Morgan fingerprint density at radius 3 is 2.14 bits per heavy atom. The summed E-state index contributed by atoms with van der Waals surface area (Å²) in [6, 6.07) is 26.3. The standard InChI is InChI=1S/C23H22N2O3/c26-22(24-17-9-12-18-10-3-1-4-11-18)23(27)25-20-15-7-8-16-21(20)28-19-13-5-2-6-14-19/h1-8,10-11,13-16H,9,12,17H2,(H,24,26)(H,25,27). The number of carbonyl (C=O) groups is 2. The monoisotopic (exact) mass is 374 g/mol. The number of hydrogen-bond acceptors (Lipinski definition) is 3. The first-order valence-electron chi connectivity index (χ1n) is 9.17. The minimum atomic E-state index is -0.719. The molecule has 0 aliphatic heterocycles. The van der Waals surface area contributed by atoms with Crippen molar-refractivity contribution in [3.05, 3.63) is 90.5 Å². The number of carbonyl (C=O) groups excluding carboxylic acids is 2. The van der Waals surface area contributed by atoms with Gasteiger partial charge in [-0.1, -0.05) is 60.7 Å². The number of anilines is 1. The fourth-order valence-electron chi connectivity index (χ4n) is 2.67. The van der Waals surface area contributed by atoms with Crippen LogP contribution in [0.1, 0.15) is 12.0 Å². The summed E-state index contributed by atoms with van der Waals surface area (Å²) < 4.78 is 5.79. The maximum absolute atomic E-state index is 12.2. The highest BCUT2D eigenvalue weighted by atomic mass is 16.5. The number of hydrogen-bond donors (Lipinski definition) is 2. The quantitative estimate of drug-likeness (QED) is 0.482. The van der Waals surface area contributed by atoms with Gasteiger partial charge in [-0.05, 0) is 42.7 Å². The van der Waals surface area contributed by atoms with E-state index in [0.29, 0.717) is 23.7 Å². The summed E-state index contributed by atoms with van der Waals surface area (Å²) in [6.45, 7) is 0.434. The van der Waals surface area contributed by atoms with Gasteiger partial charge >= 0.3 is 11.8 Å². The molecule has 5 nitrogen and oxygen atoms in total. The second-order valence-corrected chi connectivity index (χ2v) is 6.21. The molecule has 3 aromatic carbocycles. The van der Waals surface area contributed by atoms with E-state index in [0.717, 1.165) is 12.8 Å². The van der Waals surface area contributed by atoms with Gasteiger partial charge in [0.1, 0.15) is 5.75 Å². The lowest BCUT2D eigenvalue weighted by Gasteiger charge is -2.12. The molecule has 3 rings (SSSR count). The summed E-state index contributed by atoms with van der Waals surface area (Å²) >= 11 is 0. The van der Waals surface area contributed by atoms with Gasteiger partial charge in [0, 0.05) is 6.54 Å². The number of para-hydroxylation sites is 3. The molecule has 2 amide bonds. The topological polar surface area (TPSA) is 67.4 Å². The average molecular weight is 374 g/mol. The zero-order valence-corrected chi connectivity index (χ0v) is 15.4. The third kappa shape index (κ3) is 5.71. The van der Waals surface area contributed by atoms with Crippen molar-refractivity contribution in [3.8, 4) is 11.5 Å². The van der Waals surface area contributed by atoms with Crippen molar-refractivity contribution in [1.82, 2.24) is 5.32 Å². The predicted molar refractivity (Wildman–Crippen MR) is 109 cm³/mol. The van der Waals surface area contributed by atoms with Crippen LogP contribution in [0.15, 0.2) is 84.9 Å². The van der Waals surface area contributed by atoms with Crippen molar-refractivity contribution in [1.29, 1.82) is 0 Å². The normalized spacial score (nSPS) is 10.1. The van der Waals surface area contributed by atoms with E-state index in [2.05, 4.69) is 10.6 Å². The zero-order valence-electron chi connectivity index (χ0n) is 15.4. The highest BCUT2D eigenvalue weighted by molar-refractivity contribution is 6.39. The van der Waals surface area contributed by atoms with Crippen molar-refractivity contribution in [3.63, 3.8) is 0 Å². The Morgan fingerprint density at radius 2 is 1.39 bits per heavy atom. The van der Waals surface area contributed by atoms with Crippen LogP contribution in [-0.2, 0) is 16.0 Å². The lowest BCUT2D eigenvalue weighted by molar-refractivity contribution is -0.136. The first kappa shape index (κ1) is 19.2. The van der Waals surface area contributed by atoms with Gasteiger partial charge in [0.15, 0.2) is 5.75 Å². The lowest BCUT2D eigenvalue weighted by Crippen LogP contribution is -2.36. The van der Waals surface area contributed by atoms with Crippen LogP contribution < -0.4 is 15.4 Å². The van der Waals surface area contributed by atoms with Gasteiger partial charge in [-0.25, -0.2) is 0 Å². The summed E-state index contributed by atoms with van der Waals surface area (Å²) in [4.78, 5) is 24.3. The Labute approximate surface area is 164 Å². The molecule has 0 saturated carbocycles. The second-order valence-electron chi connectivity index (χ2n) is 6.21. The summed E-state index contributed by atoms with van der Waals surface area (Å²) in [7, 11) is 0. The molecule has 0 aliphatic rings. The van der Waals surface area contributed by atoms with Crippen LogP contribution >= 0.6 is 0 Å². The molecule has 5 heteroatoms. The first-order valence-corrected chi connectivity index (χ1v) is 9.17. The molecular weight excluding hydrogens is 352 g/mol. The Bertz CT molecular complexity index is 911. The van der Waals surface area contributed by atoms with Gasteiger partial charge in [0.25, 0.3) is 0 Å². The molecular formula is C23H22N2O3. The highest BCUT2D eigenvalue weighted by Crippen LogP contribution is 2.28. The molecule has 0 saturated heterocycles. The van der Waals surface area contributed by atoms with Gasteiger partial charge in [0.05, 0.1) is 5.69 Å². The van der Waals surface area contributed by atoms with Gasteiger partial charge in [0.2, 0.25) is 0 Å². The Hall–Kier alpha value is -3.60. The summed E-state index contributed by atoms with van der Waals surface area (Å²) in [5, 5.41) is 5.26. The van der Waals surface area contributed by atoms with E-state index < -0.39 is 11.8 Å². The summed E-state index contributed by atoms with van der Waals surface area (Å²) in [6.07, 6.45) is 1.60. The zero-order chi connectivity index (χ0) is 19.6. The highest BCUT2D eigenvalue weighted by Gasteiger charge is 2.15. The maximum atomic E-state index is 12.2. The molecule has 0 unspecified atom stereocenters. The van der Waals surface area contributed by atoms with E-state index in [1.165, 1.54) is 5.56 Å². The minimum absolute atomic E-state index is 0.434. The van der Waals surface area contributed by atoms with Gasteiger partial charge in [-0.3, -0.25) is 9.59 Å². The molecule has 0 bridgehead atoms. The summed E-state index contributed by atoms with van der Waals surface area (Å²) in [5.41, 5.74) is 1.64. The van der Waals surface area contributed by atoms with Gasteiger partial charge in [-0.15, -0.1) is 0 Å². The molecule has 0 aromatic heterocycles. The van der Waals surface area contributed by atoms with Crippen LogP contribution in [0.2, 0.25) is 0 Å². The smallest absolute Gasteiger partial charge is 0.313 e. The van der Waals surface area contributed by atoms with Crippen LogP contribution in [0.25, 0.3) is 0 Å². The van der Waals surface area contributed by atoms with Crippen molar-refractivity contribution in [2.45, 2.75) is 12.8 Å². The SMILES string of the molecule is O=C(NCCCc1ccccc1)C(=O)Nc1ccccc1Oc1ccccc1. The average Bonchev–Trinajstić information content (AvgIpc) is 2.74. The molecule has 0 spiro atoms. The van der Waals surface area contributed by atoms with E-state index in [-0.39, 0.29) is 0 Å². The molecule has 142 valence electrons. The predicted octanol–water partition coefficient (Wildman–Crippen LogP) is 4.17. The molecule has 0 radical (unpaired) electrons. The van der Waals surface area contributed by atoms with Crippen LogP contribution in [0, 0.1) is 0 Å². The lowest BCUT2D eigenvalue weighted by atomic mass is 10.1. The molecule has 2 N–H and O–H groups in total. The minimum Gasteiger partial charge on any atom is -0.455 e. The molecule has 0 aliphatic carbocycles. The number of ether oxygens (including phenoxy) is 1. The van der Waals surface area contributed by atoms with Crippen LogP contribution in [0.4, 0.5) is 5.69 Å². The molecule has 3 aromatic rings. The van der Waals surface area contributed by atoms with Crippen molar-refractivity contribution in [2.24, 2.45) is 0 Å². The van der Waals surface area contributed by atoms with Gasteiger partial charge < -0.3 is 15.4 Å². The maximum Gasteiger partial charge on any atom is 0.313 e.